The molecule has 2 fully saturated rings. The van der Waals surface area contributed by atoms with Crippen molar-refractivity contribution in [3.63, 3.8) is 0 Å². The van der Waals surface area contributed by atoms with Crippen LogP contribution in [0.15, 0.2) is 30.3 Å². The van der Waals surface area contributed by atoms with Crippen molar-refractivity contribution >= 4 is 18.0 Å². The summed E-state index contributed by atoms with van der Waals surface area (Å²) in [6.45, 7) is 1.04. The van der Waals surface area contributed by atoms with Gasteiger partial charge >= 0.3 is 12.1 Å². The Kier molecular flexibility index (Phi) is 5.75. The number of carbonyl (C=O) groups excluding carboxylic acids is 2. The predicted molar refractivity (Wildman–Crippen MR) is 93.3 cm³/mol. The van der Waals surface area contributed by atoms with Crippen LogP contribution in [0.3, 0.4) is 0 Å². The topological polar surface area (TPSA) is 87.2 Å². The molecule has 0 bridgehead atoms. The van der Waals surface area contributed by atoms with Gasteiger partial charge in [0.1, 0.15) is 18.7 Å². The highest BCUT2D eigenvalue weighted by molar-refractivity contribution is 5.89. The number of amides is 2. The van der Waals surface area contributed by atoms with Crippen molar-refractivity contribution in [3.05, 3.63) is 35.9 Å². The molecule has 1 aromatic carbocycles. The van der Waals surface area contributed by atoms with E-state index < -0.39 is 24.1 Å². The number of carboxylic acids is 1. The zero-order chi connectivity index (χ0) is 18.5. The van der Waals surface area contributed by atoms with Crippen molar-refractivity contribution in [2.45, 2.75) is 50.8 Å². The lowest BCUT2D eigenvalue weighted by Crippen LogP contribution is -2.54. The standard InChI is InChI=1S/C19H24N2O5/c22-17(20-11-5-4-9-16(20)18(23)24)15-10-6-12-21(15)19(25)26-13-14-7-2-1-3-8-14/h1-3,7-8,15-16H,4-6,9-13H2,(H,23,24)/t15-,16?/m0/s1. The molecule has 7 nitrogen and oxygen atoms in total. The van der Waals surface area contributed by atoms with Crippen LogP contribution in [0.2, 0.25) is 0 Å². The summed E-state index contributed by atoms with van der Waals surface area (Å²) < 4.78 is 5.35. The Hall–Kier alpha value is -2.57. The van der Waals surface area contributed by atoms with Gasteiger partial charge < -0.3 is 14.7 Å². The summed E-state index contributed by atoms with van der Waals surface area (Å²) in [5.41, 5.74) is 0.880. The van der Waals surface area contributed by atoms with Gasteiger partial charge in [-0.3, -0.25) is 9.69 Å². The van der Waals surface area contributed by atoms with Crippen LogP contribution in [0.1, 0.15) is 37.7 Å². The van der Waals surface area contributed by atoms with E-state index in [-0.39, 0.29) is 12.5 Å². The third-order valence-electron chi connectivity index (χ3n) is 5.05. The van der Waals surface area contributed by atoms with Crippen LogP contribution in [0.5, 0.6) is 0 Å². The second-order valence-corrected chi connectivity index (χ2v) is 6.77. The molecule has 2 aliphatic rings. The van der Waals surface area contributed by atoms with Crippen molar-refractivity contribution in [3.8, 4) is 0 Å². The largest absolute Gasteiger partial charge is 0.480 e. The van der Waals surface area contributed by atoms with E-state index in [0.717, 1.165) is 18.4 Å². The number of piperidine rings is 1. The maximum absolute atomic E-state index is 12.9. The van der Waals surface area contributed by atoms with E-state index in [9.17, 15) is 19.5 Å². The van der Waals surface area contributed by atoms with Gasteiger partial charge in [-0.15, -0.1) is 0 Å². The molecule has 2 aliphatic heterocycles. The second-order valence-electron chi connectivity index (χ2n) is 6.77. The van der Waals surface area contributed by atoms with Gasteiger partial charge in [0.15, 0.2) is 0 Å². The van der Waals surface area contributed by atoms with E-state index in [2.05, 4.69) is 0 Å². The minimum absolute atomic E-state index is 0.151. The van der Waals surface area contributed by atoms with Crippen molar-refractivity contribution in [2.75, 3.05) is 13.1 Å². The number of carbonyl (C=O) groups is 3. The van der Waals surface area contributed by atoms with E-state index >= 15 is 0 Å². The quantitative estimate of drug-likeness (QED) is 0.890. The predicted octanol–water partition coefficient (Wildman–Crippen LogP) is 2.25. The molecule has 2 saturated heterocycles. The maximum Gasteiger partial charge on any atom is 0.410 e. The van der Waals surface area contributed by atoms with Crippen LogP contribution in [0.25, 0.3) is 0 Å². The fourth-order valence-electron chi connectivity index (χ4n) is 3.69. The van der Waals surface area contributed by atoms with Gasteiger partial charge in [-0.25, -0.2) is 9.59 Å². The van der Waals surface area contributed by atoms with Gasteiger partial charge in [0.25, 0.3) is 0 Å². The number of benzene rings is 1. The zero-order valence-corrected chi connectivity index (χ0v) is 14.7. The average Bonchev–Trinajstić information content (AvgIpc) is 3.16. The number of hydrogen-bond acceptors (Lipinski definition) is 4. The lowest BCUT2D eigenvalue weighted by molar-refractivity contribution is -0.153. The van der Waals surface area contributed by atoms with E-state index in [0.29, 0.717) is 32.4 Å². The number of carboxylic acid groups (broad SMARTS) is 1. The molecule has 2 atom stereocenters. The minimum atomic E-state index is -0.978. The van der Waals surface area contributed by atoms with Gasteiger partial charge in [-0.2, -0.15) is 0 Å². The number of aliphatic carboxylic acids is 1. The Bertz CT molecular complexity index is 663. The second kappa shape index (κ2) is 8.21. The Morgan fingerprint density at radius 3 is 2.38 bits per heavy atom. The molecule has 2 amide bonds. The summed E-state index contributed by atoms with van der Waals surface area (Å²) in [6, 6.07) is 7.94. The lowest BCUT2D eigenvalue weighted by atomic mass is 10.0. The molecule has 3 rings (SSSR count). The van der Waals surface area contributed by atoms with Gasteiger partial charge in [0.2, 0.25) is 5.91 Å². The highest BCUT2D eigenvalue weighted by Crippen LogP contribution is 2.25. The summed E-state index contributed by atoms with van der Waals surface area (Å²) >= 11 is 0. The molecule has 0 radical (unpaired) electrons. The highest BCUT2D eigenvalue weighted by atomic mass is 16.6. The number of rotatable bonds is 4. The van der Waals surface area contributed by atoms with Crippen molar-refractivity contribution in [1.82, 2.24) is 9.80 Å². The van der Waals surface area contributed by atoms with Crippen LogP contribution in [-0.4, -0.2) is 58.0 Å². The van der Waals surface area contributed by atoms with E-state index in [1.807, 2.05) is 30.3 Å². The van der Waals surface area contributed by atoms with Crippen LogP contribution in [-0.2, 0) is 20.9 Å². The molecule has 1 unspecified atom stereocenters. The number of ether oxygens (including phenoxy) is 1. The van der Waals surface area contributed by atoms with Crippen LogP contribution in [0, 0.1) is 0 Å². The summed E-state index contributed by atoms with van der Waals surface area (Å²) in [5.74, 6) is -1.25. The van der Waals surface area contributed by atoms with Gasteiger partial charge in [0.05, 0.1) is 0 Å². The first-order valence-electron chi connectivity index (χ1n) is 9.08. The fourth-order valence-corrected chi connectivity index (χ4v) is 3.69. The maximum atomic E-state index is 12.9. The normalized spacial score (nSPS) is 22.9. The Morgan fingerprint density at radius 1 is 0.962 bits per heavy atom. The third-order valence-corrected chi connectivity index (χ3v) is 5.05. The van der Waals surface area contributed by atoms with Crippen molar-refractivity contribution in [1.29, 1.82) is 0 Å². The molecule has 0 aliphatic carbocycles. The van der Waals surface area contributed by atoms with Gasteiger partial charge in [0, 0.05) is 13.1 Å². The summed E-state index contributed by atoms with van der Waals surface area (Å²) in [7, 11) is 0. The first kappa shape index (κ1) is 18.2. The summed E-state index contributed by atoms with van der Waals surface area (Å²) in [5, 5.41) is 9.39. The molecule has 1 aromatic rings. The molecular weight excluding hydrogens is 336 g/mol. The average molecular weight is 360 g/mol. The minimum Gasteiger partial charge on any atom is -0.480 e. The molecule has 0 saturated carbocycles. The lowest BCUT2D eigenvalue weighted by Gasteiger charge is -2.36. The SMILES string of the molecule is O=C(O)C1CCCCN1C(=O)[C@@H]1CCCN1C(=O)OCc1ccccc1. The number of hydrogen-bond donors (Lipinski definition) is 1. The Morgan fingerprint density at radius 2 is 1.65 bits per heavy atom. The molecule has 7 heteroatoms. The van der Waals surface area contributed by atoms with Gasteiger partial charge in [-0.05, 0) is 37.7 Å². The summed E-state index contributed by atoms with van der Waals surface area (Å²) in [4.78, 5) is 39.7. The Labute approximate surface area is 152 Å². The molecule has 0 aromatic heterocycles. The summed E-state index contributed by atoms with van der Waals surface area (Å²) in [6.07, 6.45) is 2.79. The molecule has 140 valence electrons. The molecule has 1 N–H and O–H groups in total. The highest BCUT2D eigenvalue weighted by Gasteiger charge is 2.41. The fraction of sp³-hybridized carbons (Fsp3) is 0.526. The van der Waals surface area contributed by atoms with Crippen molar-refractivity contribution < 1.29 is 24.2 Å². The first-order valence-corrected chi connectivity index (χ1v) is 9.08. The monoisotopic (exact) mass is 360 g/mol. The molecular formula is C19H24N2O5. The zero-order valence-electron chi connectivity index (χ0n) is 14.7. The molecule has 0 spiro atoms. The first-order chi connectivity index (χ1) is 12.6. The van der Waals surface area contributed by atoms with Gasteiger partial charge in [-0.1, -0.05) is 30.3 Å². The number of nitrogens with zero attached hydrogens (tertiary/aromatic N) is 2. The smallest absolute Gasteiger partial charge is 0.410 e. The van der Waals surface area contributed by atoms with E-state index in [1.54, 1.807) is 0 Å². The number of likely N-dealkylation sites (tertiary alicyclic amines) is 2. The molecule has 2 heterocycles. The Balaban J connectivity index is 1.64. The van der Waals surface area contributed by atoms with Crippen LogP contribution in [0.4, 0.5) is 4.79 Å². The third kappa shape index (κ3) is 3.98. The van der Waals surface area contributed by atoms with Crippen LogP contribution >= 0.6 is 0 Å². The van der Waals surface area contributed by atoms with Crippen LogP contribution < -0.4 is 0 Å². The van der Waals surface area contributed by atoms with Crippen molar-refractivity contribution in [2.24, 2.45) is 0 Å². The molecule has 26 heavy (non-hydrogen) atoms. The van der Waals surface area contributed by atoms with E-state index in [4.69, 9.17) is 4.74 Å². The van der Waals surface area contributed by atoms with E-state index in [1.165, 1.54) is 9.80 Å².